The van der Waals surface area contributed by atoms with Gasteiger partial charge in [-0.3, -0.25) is 19.9 Å². The number of hydrogen-bond donors (Lipinski definition) is 1. The summed E-state index contributed by atoms with van der Waals surface area (Å²) < 4.78 is 12.4. The number of amides is 2. The second-order valence-electron chi connectivity index (χ2n) is 9.00. The number of nitrogens with one attached hydrogen (secondary N) is 1. The third kappa shape index (κ3) is 4.50. The Morgan fingerprint density at radius 3 is 2.62 bits per heavy atom. The predicted octanol–water partition coefficient (Wildman–Crippen LogP) is 4.64. The molecular formula is C27H22ClN7O4S. The normalized spacial score (nSPS) is 12.4. The van der Waals surface area contributed by atoms with Crippen LogP contribution in [0.1, 0.15) is 37.1 Å². The van der Waals surface area contributed by atoms with Crippen molar-refractivity contribution in [2.24, 2.45) is 0 Å². The van der Waals surface area contributed by atoms with Gasteiger partial charge in [-0.1, -0.05) is 22.9 Å². The van der Waals surface area contributed by atoms with Gasteiger partial charge in [0.25, 0.3) is 11.8 Å². The van der Waals surface area contributed by atoms with Gasteiger partial charge in [0, 0.05) is 23.0 Å². The van der Waals surface area contributed by atoms with Gasteiger partial charge in [0.2, 0.25) is 0 Å². The van der Waals surface area contributed by atoms with E-state index in [0.29, 0.717) is 57.6 Å². The molecule has 0 fully saturated rings. The number of rotatable bonds is 6. The van der Waals surface area contributed by atoms with Crippen LogP contribution in [0.25, 0.3) is 16.6 Å². The van der Waals surface area contributed by atoms with E-state index in [1.807, 2.05) is 6.92 Å². The standard InChI is InChI=1S/C27H22ClN7O4S/c1-14-8-15(16-9-24(28)30-11-22(16)39-3)17(10-29-14)25(36)33-27-32-18-12-34(13-23(18)40-27)26(37)20-4-5-21(38-2)19-6-7-31-35(19)20/h4-11H,12-13H2,1-3H3,(H,32,33,36). The van der Waals surface area contributed by atoms with Crippen LogP contribution >= 0.6 is 22.9 Å². The highest BCUT2D eigenvalue weighted by Crippen LogP contribution is 2.36. The predicted molar refractivity (Wildman–Crippen MR) is 149 cm³/mol. The minimum absolute atomic E-state index is 0.174. The zero-order valence-electron chi connectivity index (χ0n) is 21.6. The number of halogens is 1. The van der Waals surface area contributed by atoms with Gasteiger partial charge in [0.05, 0.1) is 55.8 Å². The maximum absolute atomic E-state index is 13.4. The molecule has 6 heterocycles. The summed E-state index contributed by atoms with van der Waals surface area (Å²) in [6.45, 7) is 2.53. The molecule has 5 aromatic rings. The first-order valence-electron chi connectivity index (χ1n) is 12.1. The van der Waals surface area contributed by atoms with Gasteiger partial charge < -0.3 is 14.4 Å². The topological polar surface area (TPSA) is 124 Å². The molecule has 0 unspecified atom stereocenters. The molecule has 6 rings (SSSR count). The number of hydrogen-bond acceptors (Lipinski definition) is 9. The fraction of sp³-hybridized carbons (Fsp3) is 0.185. The number of ether oxygens (including phenoxy) is 2. The summed E-state index contributed by atoms with van der Waals surface area (Å²) in [5.41, 5.74) is 4.17. The van der Waals surface area contributed by atoms with Crippen LogP contribution in [0.5, 0.6) is 11.5 Å². The van der Waals surface area contributed by atoms with E-state index in [9.17, 15) is 9.59 Å². The second-order valence-corrected chi connectivity index (χ2v) is 10.5. The van der Waals surface area contributed by atoms with Crippen molar-refractivity contribution < 1.29 is 19.1 Å². The molecule has 40 heavy (non-hydrogen) atoms. The highest BCUT2D eigenvalue weighted by Gasteiger charge is 2.30. The Hall–Kier alpha value is -4.55. The minimum Gasteiger partial charge on any atom is -0.494 e. The van der Waals surface area contributed by atoms with E-state index in [1.165, 1.54) is 30.8 Å². The van der Waals surface area contributed by atoms with E-state index in [1.54, 1.807) is 53.1 Å². The summed E-state index contributed by atoms with van der Waals surface area (Å²) in [7, 11) is 3.10. The number of thiazole rings is 1. The summed E-state index contributed by atoms with van der Waals surface area (Å²) >= 11 is 7.48. The van der Waals surface area contributed by atoms with Gasteiger partial charge in [-0.2, -0.15) is 5.10 Å². The van der Waals surface area contributed by atoms with Crippen molar-refractivity contribution in [1.29, 1.82) is 0 Å². The average Bonchev–Trinajstić information content (AvgIpc) is 3.67. The molecule has 0 aliphatic carbocycles. The molecule has 0 radical (unpaired) electrons. The van der Waals surface area contributed by atoms with Crippen LogP contribution in [0.4, 0.5) is 5.13 Å². The molecular weight excluding hydrogens is 554 g/mol. The van der Waals surface area contributed by atoms with E-state index >= 15 is 0 Å². The fourth-order valence-electron chi connectivity index (χ4n) is 4.65. The Morgan fingerprint density at radius 1 is 1.02 bits per heavy atom. The minimum atomic E-state index is -0.378. The number of fused-ring (bicyclic) bond motifs is 2. The van der Waals surface area contributed by atoms with Crippen LogP contribution in [0.2, 0.25) is 5.15 Å². The maximum Gasteiger partial charge on any atom is 0.273 e. The molecule has 2 amide bonds. The molecule has 0 atom stereocenters. The van der Waals surface area contributed by atoms with Crippen molar-refractivity contribution in [1.82, 2.24) is 29.5 Å². The lowest BCUT2D eigenvalue weighted by molar-refractivity contribution is 0.0741. The summed E-state index contributed by atoms with van der Waals surface area (Å²) in [5.74, 6) is 0.560. The van der Waals surface area contributed by atoms with Crippen molar-refractivity contribution in [3.05, 3.63) is 81.6 Å². The maximum atomic E-state index is 13.4. The molecule has 0 saturated carbocycles. The first-order chi connectivity index (χ1) is 19.4. The SMILES string of the molecule is COc1cnc(Cl)cc1-c1cc(C)ncc1C(=O)Nc1nc2c(s1)CN(C(=O)c1ccc(OC)c3ccnn13)C2. The van der Waals surface area contributed by atoms with Gasteiger partial charge >= 0.3 is 0 Å². The molecule has 202 valence electrons. The van der Waals surface area contributed by atoms with Crippen LogP contribution in [-0.4, -0.2) is 55.5 Å². The quantitative estimate of drug-likeness (QED) is 0.291. The van der Waals surface area contributed by atoms with E-state index in [2.05, 4.69) is 25.4 Å². The lowest BCUT2D eigenvalue weighted by Crippen LogP contribution is -2.27. The summed E-state index contributed by atoms with van der Waals surface area (Å²) in [5, 5.41) is 7.88. The van der Waals surface area contributed by atoms with Crippen molar-refractivity contribution in [3.8, 4) is 22.6 Å². The Morgan fingerprint density at radius 2 is 1.85 bits per heavy atom. The lowest BCUT2D eigenvalue weighted by Gasteiger charge is -2.17. The van der Waals surface area contributed by atoms with Crippen molar-refractivity contribution in [3.63, 3.8) is 0 Å². The molecule has 0 aromatic carbocycles. The monoisotopic (exact) mass is 575 g/mol. The third-order valence-electron chi connectivity index (χ3n) is 6.55. The van der Waals surface area contributed by atoms with E-state index in [4.69, 9.17) is 21.1 Å². The molecule has 11 nitrogen and oxygen atoms in total. The van der Waals surface area contributed by atoms with Gasteiger partial charge in [-0.05, 0) is 37.3 Å². The number of carbonyl (C=O) groups excluding carboxylic acids is 2. The Labute approximate surface area is 237 Å². The number of anilines is 1. The second kappa shape index (κ2) is 10.2. The number of carbonyl (C=O) groups is 2. The van der Waals surface area contributed by atoms with Crippen molar-refractivity contribution in [2.45, 2.75) is 20.0 Å². The van der Waals surface area contributed by atoms with Crippen molar-refractivity contribution >= 4 is 45.4 Å². The average molecular weight is 576 g/mol. The molecule has 1 N–H and O–H groups in total. The summed E-state index contributed by atoms with van der Waals surface area (Å²) in [6, 6.07) is 8.69. The number of aromatic nitrogens is 5. The van der Waals surface area contributed by atoms with Crippen LogP contribution in [-0.2, 0) is 13.1 Å². The third-order valence-corrected chi connectivity index (χ3v) is 7.75. The Kier molecular flexibility index (Phi) is 6.56. The van der Waals surface area contributed by atoms with Gasteiger partial charge in [-0.25, -0.2) is 14.5 Å². The van der Waals surface area contributed by atoms with Crippen LogP contribution in [0, 0.1) is 6.92 Å². The highest BCUT2D eigenvalue weighted by atomic mass is 35.5. The molecule has 0 saturated heterocycles. The smallest absolute Gasteiger partial charge is 0.273 e. The van der Waals surface area contributed by atoms with E-state index in [0.717, 1.165) is 16.3 Å². The van der Waals surface area contributed by atoms with Gasteiger partial charge in [0.1, 0.15) is 27.9 Å². The molecule has 5 aromatic heterocycles. The van der Waals surface area contributed by atoms with Crippen molar-refractivity contribution in [2.75, 3.05) is 19.5 Å². The van der Waals surface area contributed by atoms with E-state index in [-0.39, 0.29) is 17.0 Å². The number of methoxy groups -OCH3 is 2. The highest BCUT2D eigenvalue weighted by molar-refractivity contribution is 7.16. The number of aryl methyl sites for hydroxylation is 1. The van der Waals surface area contributed by atoms with Gasteiger partial charge in [-0.15, -0.1) is 0 Å². The zero-order chi connectivity index (χ0) is 28.0. The van der Waals surface area contributed by atoms with E-state index < -0.39 is 0 Å². The van der Waals surface area contributed by atoms with Crippen LogP contribution < -0.4 is 14.8 Å². The first kappa shape index (κ1) is 25.7. The zero-order valence-corrected chi connectivity index (χ0v) is 23.2. The lowest BCUT2D eigenvalue weighted by atomic mass is 10.0. The first-order valence-corrected chi connectivity index (χ1v) is 13.3. The van der Waals surface area contributed by atoms with Crippen LogP contribution in [0.3, 0.4) is 0 Å². The molecule has 0 spiro atoms. The van der Waals surface area contributed by atoms with Crippen LogP contribution in [0.15, 0.2) is 48.9 Å². The van der Waals surface area contributed by atoms with Gasteiger partial charge in [0.15, 0.2) is 5.13 Å². The molecule has 1 aliphatic rings. The number of pyridine rings is 3. The fourth-order valence-corrected chi connectivity index (χ4v) is 5.78. The number of nitrogens with zero attached hydrogens (tertiary/aromatic N) is 6. The summed E-state index contributed by atoms with van der Waals surface area (Å²) in [4.78, 5) is 42.3. The Bertz CT molecular complexity index is 1780. The molecule has 0 bridgehead atoms. The summed E-state index contributed by atoms with van der Waals surface area (Å²) in [6.07, 6.45) is 4.65. The molecule has 13 heteroatoms. The Balaban J connectivity index is 1.22. The largest absolute Gasteiger partial charge is 0.494 e. The molecule has 1 aliphatic heterocycles.